The van der Waals surface area contributed by atoms with Crippen molar-refractivity contribution < 1.29 is 13.9 Å². The smallest absolute Gasteiger partial charge is 0.309 e. The minimum absolute atomic E-state index is 0.00442. The topological polar surface area (TPSA) is 41.6 Å². The maximum Gasteiger partial charge on any atom is 0.309 e. The highest BCUT2D eigenvalue weighted by molar-refractivity contribution is 5.72. The Bertz CT molecular complexity index is 317. The van der Waals surface area contributed by atoms with Gasteiger partial charge in [-0.3, -0.25) is 9.69 Å². The Balaban J connectivity index is 1.75. The van der Waals surface area contributed by atoms with Gasteiger partial charge in [-0.15, -0.1) is 0 Å². The predicted octanol–water partition coefficient (Wildman–Crippen LogP) is 1.60. The maximum atomic E-state index is 13.9. The Morgan fingerprint density at radius 3 is 2.65 bits per heavy atom. The molecule has 2 aliphatic rings. The van der Waals surface area contributed by atoms with Gasteiger partial charge >= 0.3 is 5.97 Å². The molecule has 0 saturated carbocycles. The molecule has 0 radical (unpaired) electrons. The zero-order valence-electron chi connectivity index (χ0n) is 12.6. The molecule has 2 aliphatic heterocycles. The monoisotopic (exact) mass is 286 g/mol. The summed E-state index contributed by atoms with van der Waals surface area (Å²) in [4.78, 5) is 14.1. The van der Waals surface area contributed by atoms with Gasteiger partial charge in [-0.2, -0.15) is 0 Å². The molecule has 2 saturated heterocycles. The van der Waals surface area contributed by atoms with Gasteiger partial charge in [0, 0.05) is 12.6 Å². The molecular weight excluding hydrogens is 259 g/mol. The van der Waals surface area contributed by atoms with Crippen molar-refractivity contribution in [2.75, 3.05) is 32.8 Å². The summed E-state index contributed by atoms with van der Waals surface area (Å²) in [5.74, 6) is 0.311. The molecule has 116 valence electrons. The second-order valence-electron chi connectivity index (χ2n) is 6.41. The van der Waals surface area contributed by atoms with E-state index in [1.165, 1.54) is 0 Å². The van der Waals surface area contributed by atoms with Crippen molar-refractivity contribution >= 4 is 5.97 Å². The summed E-state index contributed by atoms with van der Waals surface area (Å²) in [5, 5.41) is 3.08. The number of ether oxygens (including phenoxy) is 1. The Morgan fingerprint density at radius 2 is 2.05 bits per heavy atom. The highest BCUT2D eigenvalue weighted by Crippen LogP contribution is 2.24. The molecule has 2 fully saturated rings. The number of esters is 1. The van der Waals surface area contributed by atoms with E-state index >= 15 is 0 Å². The van der Waals surface area contributed by atoms with Gasteiger partial charge in [0.1, 0.15) is 6.17 Å². The van der Waals surface area contributed by atoms with Gasteiger partial charge in [0.15, 0.2) is 0 Å². The molecule has 0 spiro atoms. The summed E-state index contributed by atoms with van der Waals surface area (Å²) in [5.41, 5.74) is 0. The van der Waals surface area contributed by atoms with Crippen molar-refractivity contribution in [3.63, 3.8) is 0 Å². The van der Waals surface area contributed by atoms with E-state index in [-0.39, 0.29) is 17.9 Å². The van der Waals surface area contributed by atoms with Gasteiger partial charge in [-0.05, 0) is 44.8 Å². The molecule has 0 amide bonds. The fourth-order valence-corrected chi connectivity index (χ4v) is 3.05. The van der Waals surface area contributed by atoms with E-state index in [9.17, 15) is 9.18 Å². The SMILES string of the molecule is CC(C)COC(=O)C1CCN(C2CCNCC2F)CC1. The van der Waals surface area contributed by atoms with Crippen molar-refractivity contribution in [2.45, 2.75) is 45.3 Å². The minimum Gasteiger partial charge on any atom is -0.465 e. The number of piperidine rings is 2. The average molecular weight is 286 g/mol. The van der Waals surface area contributed by atoms with Crippen LogP contribution in [0.1, 0.15) is 33.1 Å². The molecular formula is C15H27FN2O2. The molecule has 0 aromatic carbocycles. The van der Waals surface area contributed by atoms with Crippen LogP contribution in [0.15, 0.2) is 0 Å². The highest BCUT2D eigenvalue weighted by atomic mass is 19.1. The van der Waals surface area contributed by atoms with Crippen LogP contribution in [0.5, 0.6) is 0 Å². The predicted molar refractivity (Wildman–Crippen MR) is 76.3 cm³/mol. The van der Waals surface area contributed by atoms with E-state index in [4.69, 9.17) is 4.74 Å². The number of carbonyl (C=O) groups excluding carboxylic acids is 1. The lowest BCUT2D eigenvalue weighted by Crippen LogP contribution is -2.53. The normalized spacial score (nSPS) is 29.6. The Morgan fingerprint density at radius 1 is 1.35 bits per heavy atom. The van der Waals surface area contributed by atoms with Crippen molar-refractivity contribution in [2.24, 2.45) is 11.8 Å². The lowest BCUT2D eigenvalue weighted by atomic mass is 9.93. The number of carbonyl (C=O) groups is 1. The summed E-state index contributed by atoms with van der Waals surface area (Å²) < 4.78 is 19.2. The zero-order valence-corrected chi connectivity index (χ0v) is 12.6. The summed E-state index contributed by atoms with van der Waals surface area (Å²) in [6.07, 6.45) is 1.68. The van der Waals surface area contributed by atoms with Gasteiger partial charge in [0.25, 0.3) is 0 Å². The molecule has 1 N–H and O–H groups in total. The fourth-order valence-electron chi connectivity index (χ4n) is 3.05. The van der Waals surface area contributed by atoms with Crippen LogP contribution in [0, 0.1) is 11.8 Å². The number of hydrogen-bond acceptors (Lipinski definition) is 4. The standard InChI is InChI=1S/C15H27FN2O2/c1-11(2)10-20-15(19)12-4-7-18(8-5-12)14-3-6-17-9-13(14)16/h11-14,17H,3-10H2,1-2H3. The number of nitrogens with zero attached hydrogens (tertiary/aromatic N) is 1. The molecule has 0 aliphatic carbocycles. The number of hydrogen-bond donors (Lipinski definition) is 1. The van der Waals surface area contributed by atoms with Crippen molar-refractivity contribution in [1.29, 1.82) is 0 Å². The molecule has 0 aromatic heterocycles. The van der Waals surface area contributed by atoms with Gasteiger partial charge < -0.3 is 10.1 Å². The van der Waals surface area contributed by atoms with Crippen molar-refractivity contribution in [3.8, 4) is 0 Å². The third-order valence-corrected chi connectivity index (χ3v) is 4.26. The Kier molecular flexibility index (Phi) is 5.78. The van der Waals surface area contributed by atoms with Crippen LogP contribution >= 0.6 is 0 Å². The van der Waals surface area contributed by atoms with Crippen LogP contribution in [0.4, 0.5) is 4.39 Å². The first kappa shape index (κ1) is 15.7. The summed E-state index contributed by atoms with van der Waals surface area (Å²) in [7, 11) is 0. The van der Waals surface area contributed by atoms with Crippen molar-refractivity contribution in [1.82, 2.24) is 10.2 Å². The largest absolute Gasteiger partial charge is 0.465 e. The first-order valence-corrected chi connectivity index (χ1v) is 7.83. The Labute approximate surface area is 121 Å². The Hall–Kier alpha value is -0.680. The first-order valence-electron chi connectivity index (χ1n) is 7.83. The molecule has 2 unspecified atom stereocenters. The van der Waals surface area contributed by atoms with Gasteiger partial charge in [-0.25, -0.2) is 4.39 Å². The summed E-state index contributed by atoms with van der Waals surface area (Å²) in [6.45, 7) is 7.55. The molecule has 5 heteroatoms. The maximum absolute atomic E-state index is 13.9. The average Bonchev–Trinajstić information content (AvgIpc) is 2.45. The number of rotatable bonds is 4. The second-order valence-corrected chi connectivity index (χ2v) is 6.41. The quantitative estimate of drug-likeness (QED) is 0.797. The van der Waals surface area contributed by atoms with Crippen LogP contribution in [-0.4, -0.2) is 55.9 Å². The molecule has 2 atom stereocenters. The number of nitrogens with one attached hydrogen (secondary N) is 1. The van der Waals surface area contributed by atoms with Crippen LogP contribution in [0.3, 0.4) is 0 Å². The molecule has 4 nitrogen and oxygen atoms in total. The molecule has 0 bridgehead atoms. The number of likely N-dealkylation sites (tertiary alicyclic amines) is 1. The van der Waals surface area contributed by atoms with Crippen LogP contribution in [-0.2, 0) is 9.53 Å². The second kappa shape index (κ2) is 7.36. The van der Waals surface area contributed by atoms with E-state index in [1.807, 2.05) is 13.8 Å². The first-order chi connectivity index (χ1) is 9.58. The lowest BCUT2D eigenvalue weighted by Gasteiger charge is -2.40. The van der Waals surface area contributed by atoms with E-state index in [2.05, 4.69) is 10.2 Å². The van der Waals surface area contributed by atoms with E-state index in [0.29, 0.717) is 19.1 Å². The highest BCUT2D eigenvalue weighted by Gasteiger charge is 2.34. The zero-order chi connectivity index (χ0) is 14.5. The number of halogens is 1. The molecule has 2 rings (SSSR count). The van der Waals surface area contributed by atoms with Gasteiger partial charge in [0.05, 0.1) is 12.5 Å². The third-order valence-electron chi connectivity index (χ3n) is 4.26. The van der Waals surface area contributed by atoms with Crippen LogP contribution < -0.4 is 5.32 Å². The summed E-state index contributed by atoms with van der Waals surface area (Å²) >= 11 is 0. The van der Waals surface area contributed by atoms with Gasteiger partial charge in [-0.1, -0.05) is 13.8 Å². The van der Waals surface area contributed by atoms with E-state index in [1.54, 1.807) is 0 Å². The number of alkyl halides is 1. The third kappa shape index (κ3) is 4.16. The molecule has 0 aromatic rings. The molecule has 20 heavy (non-hydrogen) atoms. The fraction of sp³-hybridized carbons (Fsp3) is 0.933. The lowest BCUT2D eigenvalue weighted by molar-refractivity contribution is -0.151. The van der Waals surface area contributed by atoms with E-state index < -0.39 is 6.17 Å². The van der Waals surface area contributed by atoms with Gasteiger partial charge in [0.2, 0.25) is 0 Å². The van der Waals surface area contributed by atoms with Crippen molar-refractivity contribution in [3.05, 3.63) is 0 Å². The van der Waals surface area contributed by atoms with Crippen LogP contribution in [0.25, 0.3) is 0 Å². The minimum atomic E-state index is -0.784. The van der Waals surface area contributed by atoms with Crippen LogP contribution in [0.2, 0.25) is 0 Å². The summed E-state index contributed by atoms with van der Waals surface area (Å²) in [6, 6.07) is 0.0314. The van der Waals surface area contributed by atoms with E-state index in [0.717, 1.165) is 38.9 Å². The molecule has 2 heterocycles.